The number of benzene rings is 2. The quantitative estimate of drug-likeness (QED) is 0.0678. The number of Topliss-reactive ketones (excluding diaryl/α,β-unsaturated/α-hetero) is 1. The summed E-state index contributed by atoms with van der Waals surface area (Å²) in [7, 11) is 0. The highest BCUT2D eigenvalue weighted by molar-refractivity contribution is 6.02. The van der Waals surface area contributed by atoms with Gasteiger partial charge in [0, 0.05) is 30.1 Å². The minimum atomic E-state index is -1.58. The van der Waals surface area contributed by atoms with Crippen LogP contribution in [0.15, 0.2) is 65.8 Å². The van der Waals surface area contributed by atoms with Crippen LogP contribution in [0.1, 0.15) is 43.7 Å². The predicted molar refractivity (Wildman–Crippen MR) is 179 cm³/mol. The molecule has 12 N–H and O–H groups in total. The van der Waals surface area contributed by atoms with Crippen LogP contribution < -0.4 is 38.5 Å². The number of aliphatic hydroxyl groups excluding tert-OH is 1. The number of nitrogens with two attached hydrogens (primary N) is 3. The Labute approximate surface area is 277 Å². The zero-order chi connectivity index (χ0) is 35.0. The number of aromatic amines is 1. The first-order valence-electron chi connectivity index (χ1n) is 15.7. The van der Waals surface area contributed by atoms with E-state index in [2.05, 4.69) is 31.2 Å². The fourth-order valence-corrected chi connectivity index (χ4v) is 5.70. The molecule has 1 aliphatic heterocycles. The van der Waals surface area contributed by atoms with Crippen LogP contribution in [0, 0.1) is 0 Å². The average molecular weight is 662 g/mol. The number of ketones is 1. The van der Waals surface area contributed by atoms with E-state index in [4.69, 9.17) is 17.2 Å². The topological polar surface area (TPSA) is 260 Å². The summed E-state index contributed by atoms with van der Waals surface area (Å²) >= 11 is 0. The molecule has 4 amide bonds. The lowest BCUT2D eigenvalue weighted by molar-refractivity contribution is -0.139. The third-order valence-electron chi connectivity index (χ3n) is 8.20. The van der Waals surface area contributed by atoms with Gasteiger partial charge in [0.15, 0.2) is 11.7 Å². The lowest BCUT2D eigenvalue weighted by Crippen LogP contribution is -2.65. The van der Waals surface area contributed by atoms with E-state index in [1.165, 1.54) is 13.8 Å². The number of carbonyl (C=O) groups excluding carboxylic acids is 5. The Balaban J connectivity index is 1.79. The zero-order valence-electron chi connectivity index (χ0n) is 26.8. The van der Waals surface area contributed by atoms with E-state index in [9.17, 15) is 29.1 Å². The number of fused-ring (bicyclic) bond motifs is 1. The monoisotopic (exact) mass is 661 g/mol. The molecule has 0 radical (unpaired) electrons. The summed E-state index contributed by atoms with van der Waals surface area (Å²) in [5, 5.41) is 21.9. The molecule has 1 unspecified atom stereocenters. The number of aliphatic imine (C=N–C) groups is 1. The van der Waals surface area contributed by atoms with Gasteiger partial charge in [0.05, 0.1) is 18.1 Å². The van der Waals surface area contributed by atoms with Crippen LogP contribution in [0.2, 0.25) is 0 Å². The fraction of sp³-hybridized carbons (Fsp3) is 0.394. The molecule has 0 spiro atoms. The van der Waals surface area contributed by atoms with Crippen molar-refractivity contribution in [3.05, 3.63) is 71.9 Å². The van der Waals surface area contributed by atoms with Gasteiger partial charge in [0.25, 0.3) is 0 Å². The van der Waals surface area contributed by atoms with Gasteiger partial charge in [-0.25, -0.2) is 0 Å². The van der Waals surface area contributed by atoms with Gasteiger partial charge >= 0.3 is 0 Å². The molecule has 3 aromatic rings. The summed E-state index contributed by atoms with van der Waals surface area (Å²) < 4.78 is 0. The maximum atomic E-state index is 14.3. The van der Waals surface area contributed by atoms with Crippen molar-refractivity contribution < 1.29 is 29.1 Å². The molecule has 7 atom stereocenters. The second-order valence-electron chi connectivity index (χ2n) is 11.9. The number of nitrogens with one attached hydrogen (secondary N) is 5. The number of amides is 4. The van der Waals surface area contributed by atoms with E-state index in [1.54, 1.807) is 36.5 Å². The SMILES string of the molecule is C[C@H](N)C(=O)C(c1ccccc1)[C@@H]1NC(=O)[C@H]([C@@H](C)O)NC(=O)[C@H](CCCN=C(N)N)NC(=O)[C@H](Cc2c[nH]c3ccccc23)NC1=O. The number of carbonyl (C=O) groups is 5. The van der Waals surface area contributed by atoms with Crippen molar-refractivity contribution in [3.8, 4) is 0 Å². The van der Waals surface area contributed by atoms with Crippen LogP contribution in [0.5, 0.6) is 0 Å². The summed E-state index contributed by atoms with van der Waals surface area (Å²) in [5.74, 6) is -5.17. The van der Waals surface area contributed by atoms with Crippen LogP contribution in [-0.2, 0) is 30.4 Å². The molecule has 15 nitrogen and oxygen atoms in total. The number of para-hydroxylation sites is 1. The van der Waals surface area contributed by atoms with Crippen LogP contribution in [-0.4, -0.2) is 88.3 Å². The molecule has 0 saturated carbocycles. The van der Waals surface area contributed by atoms with E-state index in [-0.39, 0.29) is 31.8 Å². The molecular formula is C33H43N9O6. The third-order valence-corrected chi connectivity index (χ3v) is 8.20. The van der Waals surface area contributed by atoms with Crippen molar-refractivity contribution in [3.63, 3.8) is 0 Å². The number of aliphatic hydroxyl groups is 1. The molecule has 4 rings (SSSR count). The molecule has 48 heavy (non-hydrogen) atoms. The molecular weight excluding hydrogens is 618 g/mol. The van der Waals surface area contributed by atoms with Gasteiger partial charge in [-0.2, -0.15) is 0 Å². The van der Waals surface area contributed by atoms with Gasteiger partial charge in [0.2, 0.25) is 23.6 Å². The zero-order valence-corrected chi connectivity index (χ0v) is 26.8. The summed E-state index contributed by atoms with van der Waals surface area (Å²) in [6, 6.07) is 9.14. The summed E-state index contributed by atoms with van der Waals surface area (Å²) in [5.41, 5.74) is 18.8. The van der Waals surface area contributed by atoms with Gasteiger partial charge < -0.3 is 48.6 Å². The maximum Gasteiger partial charge on any atom is 0.245 e. The maximum absolute atomic E-state index is 14.3. The molecule has 1 fully saturated rings. The second kappa shape index (κ2) is 16.0. The molecule has 256 valence electrons. The molecule has 2 aromatic carbocycles. The minimum Gasteiger partial charge on any atom is -0.391 e. The van der Waals surface area contributed by atoms with Crippen molar-refractivity contribution in [2.45, 2.75) is 75.3 Å². The van der Waals surface area contributed by atoms with E-state index < -0.39 is 71.6 Å². The van der Waals surface area contributed by atoms with E-state index in [0.717, 1.165) is 10.9 Å². The van der Waals surface area contributed by atoms with Gasteiger partial charge in [-0.05, 0) is 43.9 Å². The Morgan fingerprint density at radius 1 is 0.833 bits per heavy atom. The van der Waals surface area contributed by atoms with E-state index >= 15 is 0 Å². The number of guanidine groups is 1. The molecule has 0 bridgehead atoms. The van der Waals surface area contributed by atoms with Crippen molar-refractivity contribution in [1.29, 1.82) is 0 Å². The highest BCUT2D eigenvalue weighted by atomic mass is 16.3. The molecule has 1 aliphatic rings. The lowest BCUT2D eigenvalue weighted by Gasteiger charge is -2.33. The first kappa shape index (κ1) is 35.6. The Bertz CT molecular complexity index is 1650. The average Bonchev–Trinajstić information content (AvgIpc) is 3.46. The molecule has 15 heteroatoms. The van der Waals surface area contributed by atoms with Gasteiger partial charge in [-0.15, -0.1) is 0 Å². The molecule has 0 aliphatic carbocycles. The van der Waals surface area contributed by atoms with Crippen LogP contribution >= 0.6 is 0 Å². The molecule has 1 aromatic heterocycles. The van der Waals surface area contributed by atoms with Crippen LogP contribution in [0.3, 0.4) is 0 Å². The molecule has 2 heterocycles. The number of hydrogen-bond acceptors (Lipinski definition) is 8. The van der Waals surface area contributed by atoms with Crippen molar-refractivity contribution in [2.24, 2.45) is 22.2 Å². The third kappa shape index (κ3) is 8.74. The van der Waals surface area contributed by atoms with Crippen molar-refractivity contribution >= 4 is 46.3 Å². The number of rotatable bonds is 11. The number of nitrogens with zero attached hydrogens (tertiary/aromatic N) is 1. The Morgan fingerprint density at radius 2 is 1.44 bits per heavy atom. The Morgan fingerprint density at radius 3 is 2.10 bits per heavy atom. The Kier molecular flexibility index (Phi) is 11.9. The fourth-order valence-electron chi connectivity index (χ4n) is 5.70. The normalized spacial score (nSPS) is 22.5. The number of aromatic nitrogens is 1. The predicted octanol–water partition coefficient (Wildman–Crippen LogP) is -1.20. The minimum absolute atomic E-state index is 0.00185. The second-order valence-corrected chi connectivity index (χ2v) is 11.9. The highest BCUT2D eigenvalue weighted by Gasteiger charge is 2.42. The smallest absolute Gasteiger partial charge is 0.245 e. The number of H-pyrrole nitrogens is 1. The van der Waals surface area contributed by atoms with Crippen molar-refractivity contribution in [1.82, 2.24) is 26.3 Å². The number of hydrogen-bond donors (Lipinski definition) is 9. The highest BCUT2D eigenvalue weighted by Crippen LogP contribution is 2.24. The van der Waals surface area contributed by atoms with Gasteiger partial charge in [-0.1, -0.05) is 48.5 Å². The van der Waals surface area contributed by atoms with Crippen molar-refractivity contribution in [2.75, 3.05) is 6.54 Å². The summed E-state index contributed by atoms with van der Waals surface area (Å²) in [4.78, 5) is 76.3. The van der Waals surface area contributed by atoms with Gasteiger partial charge in [0.1, 0.15) is 24.2 Å². The van der Waals surface area contributed by atoms with Crippen LogP contribution in [0.25, 0.3) is 10.9 Å². The first-order valence-corrected chi connectivity index (χ1v) is 15.7. The summed E-state index contributed by atoms with van der Waals surface area (Å²) in [6.07, 6.45) is 0.642. The lowest BCUT2D eigenvalue weighted by atomic mass is 9.84. The van der Waals surface area contributed by atoms with Gasteiger partial charge in [-0.3, -0.25) is 29.0 Å². The standard InChI is InChI=1S/C33H43N9O6/c1-17(34)28(44)25(19-9-4-3-5-10-19)27-32(48)40-24(15-20-16-38-22-12-7-6-11-21(20)22)30(46)39-23(13-8-14-37-33(35)36)29(45)41-26(18(2)43)31(47)42-27/h3-7,9-12,16-18,23-27,38,43H,8,13-15,34H2,1-2H3,(H,39,46)(H,40,48)(H,41,45)(H,42,47)(H4,35,36,37)/t17-,18+,23-,24-,25?,26-,27-/m0/s1. The van der Waals surface area contributed by atoms with E-state index in [0.29, 0.717) is 11.1 Å². The largest absolute Gasteiger partial charge is 0.391 e. The molecule has 1 saturated heterocycles. The van der Waals surface area contributed by atoms with Crippen LogP contribution in [0.4, 0.5) is 0 Å². The Hall–Kier alpha value is -5.28. The first-order chi connectivity index (χ1) is 22.9. The summed E-state index contributed by atoms with van der Waals surface area (Å²) in [6.45, 7) is 2.91. The van der Waals surface area contributed by atoms with E-state index in [1.807, 2.05) is 24.3 Å².